The molecule has 4 rings (SSSR count). The van der Waals surface area contributed by atoms with Crippen molar-refractivity contribution in [2.24, 2.45) is 0 Å². The van der Waals surface area contributed by atoms with Gasteiger partial charge >= 0.3 is 6.01 Å². The van der Waals surface area contributed by atoms with E-state index in [0.717, 1.165) is 17.1 Å². The molecule has 1 amide bonds. The SMILES string of the molecule is CCOc1ccc(-c2nnc(NC(=O)c3ccc(Oc4ccccc4)cc3)o2)cc1. The molecule has 0 bridgehead atoms. The number of benzene rings is 3. The van der Waals surface area contributed by atoms with Crippen molar-refractivity contribution >= 4 is 11.9 Å². The zero-order valence-electron chi connectivity index (χ0n) is 16.2. The molecule has 4 aromatic rings. The van der Waals surface area contributed by atoms with Crippen LogP contribution in [0, 0.1) is 0 Å². The minimum absolute atomic E-state index is 0.0218. The number of carbonyl (C=O) groups is 1. The molecule has 7 nitrogen and oxygen atoms in total. The van der Waals surface area contributed by atoms with E-state index in [0.29, 0.717) is 23.8 Å². The molecule has 0 unspecified atom stereocenters. The highest BCUT2D eigenvalue weighted by Crippen LogP contribution is 2.24. The molecule has 1 aromatic heterocycles. The van der Waals surface area contributed by atoms with Crippen LogP contribution in [-0.2, 0) is 0 Å². The third-order valence-corrected chi connectivity index (χ3v) is 4.15. The minimum atomic E-state index is -0.358. The van der Waals surface area contributed by atoms with Crippen molar-refractivity contribution in [3.8, 4) is 28.7 Å². The zero-order chi connectivity index (χ0) is 20.8. The van der Waals surface area contributed by atoms with Crippen LogP contribution in [0.4, 0.5) is 6.01 Å². The second kappa shape index (κ2) is 8.91. The fraction of sp³-hybridized carbons (Fsp3) is 0.0870. The van der Waals surface area contributed by atoms with Crippen LogP contribution >= 0.6 is 0 Å². The fourth-order valence-corrected chi connectivity index (χ4v) is 2.72. The van der Waals surface area contributed by atoms with Crippen LogP contribution in [0.25, 0.3) is 11.5 Å². The Morgan fingerprint density at radius 3 is 2.23 bits per heavy atom. The van der Waals surface area contributed by atoms with Gasteiger partial charge in [-0.3, -0.25) is 10.1 Å². The van der Waals surface area contributed by atoms with Gasteiger partial charge in [0.2, 0.25) is 5.89 Å². The molecule has 3 aromatic carbocycles. The number of rotatable bonds is 7. The van der Waals surface area contributed by atoms with Gasteiger partial charge in [-0.2, -0.15) is 0 Å². The summed E-state index contributed by atoms with van der Waals surface area (Å²) >= 11 is 0. The maximum atomic E-state index is 12.4. The number of nitrogens with one attached hydrogen (secondary N) is 1. The van der Waals surface area contributed by atoms with Crippen LogP contribution in [0.2, 0.25) is 0 Å². The standard InChI is InChI=1S/C23H19N3O4/c1-2-28-18-12-10-17(11-13-18)22-25-26-23(30-22)24-21(27)16-8-14-20(15-9-16)29-19-6-4-3-5-7-19/h3-15H,2H2,1H3,(H,24,26,27). The van der Waals surface area contributed by atoms with E-state index in [-0.39, 0.29) is 11.9 Å². The summed E-state index contributed by atoms with van der Waals surface area (Å²) in [5, 5.41) is 10.5. The Kier molecular flexibility index (Phi) is 5.70. The van der Waals surface area contributed by atoms with Crippen molar-refractivity contribution in [2.45, 2.75) is 6.92 Å². The Hall–Kier alpha value is -4.13. The van der Waals surface area contributed by atoms with Gasteiger partial charge in [0.1, 0.15) is 17.2 Å². The van der Waals surface area contributed by atoms with Crippen LogP contribution in [0.5, 0.6) is 17.2 Å². The van der Waals surface area contributed by atoms with Crippen LogP contribution < -0.4 is 14.8 Å². The van der Waals surface area contributed by atoms with Crippen LogP contribution in [-0.4, -0.2) is 22.7 Å². The van der Waals surface area contributed by atoms with Crippen molar-refractivity contribution < 1.29 is 18.7 Å². The number of para-hydroxylation sites is 1. The van der Waals surface area contributed by atoms with E-state index < -0.39 is 0 Å². The van der Waals surface area contributed by atoms with Gasteiger partial charge in [-0.25, -0.2) is 0 Å². The molecule has 1 heterocycles. The summed E-state index contributed by atoms with van der Waals surface area (Å²) in [6.07, 6.45) is 0. The van der Waals surface area contributed by atoms with Crippen molar-refractivity contribution in [2.75, 3.05) is 11.9 Å². The van der Waals surface area contributed by atoms with Crippen LogP contribution in [0.15, 0.2) is 83.3 Å². The Balaban J connectivity index is 1.39. The lowest BCUT2D eigenvalue weighted by molar-refractivity contribution is 0.102. The van der Waals surface area contributed by atoms with Gasteiger partial charge in [0.25, 0.3) is 5.91 Å². The van der Waals surface area contributed by atoms with Crippen molar-refractivity contribution in [1.82, 2.24) is 10.2 Å². The summed E-state index contributed by atoms with van der Waals surface area (Å²) in [7, 11) is 0. The molecule has 0 saturated carbocycles. The van der Waals surface area contributed by atoms with E-state index >= 15 is 0 Å². The third-order valence-electron chi connectivity index (χ3n) is 4.15. The summed E-state index contributed by atoms with van der Waals surface area (Å²) in [4.78, 5) is 12.4. The number of nitrogens with zero attached hydrogens (tertiary/aromatic N) is 2. The first-order chi connectivity index (χ1) is 14.7. The average molecular weight is 401 g/mol. The third kappa shape index (κ3) is 4.64. The van der Waals surface area contributed by atoms with Gasteiger partial charge in [-0.1, -0.05) is 23.3 Å². The number of carbonyl (C=O) groups excluding carboxylic acids is 1. The van der Waals surface area contributed by atoms with E-state index in [1.54, 1.807) is 24.3 Å². The van der Waals surface area contributed by atoms with Gasteiger partial charge in [0, 0.05) is 11.1 Å². The average Bonchev–Trinajstić information content (AvgIpc) is 3.24. The molecule has 0 aliphatic carbocycles. The number of hydrogen-bond acceptors (Lipinski definition) is 6. The Bertz CT molecular complexity index is 1110. The van der Waals surface area contributed by atoms with Gasteiger partial charge < -0.3 is 13.9 Å². The number of ether oxygens (including phenoxy) is 2. The van der Waals surface area contributed by atoms with E-state index in [1.165, 1.54) is 0 Å². The van der Waals surface area contributed by atoms with E-state index in [2.05, 4.69) is 15.5 Å². The lowest BCUT2D eigenvalue weighted by Crippen LogP contribution is -2.11. The molecular weight excluding hydrogens is 382 g/mol. The van der Waals surface area contributed by atoms with Gasteiger partial charge in [-0.05, 0) is 67.6 Å². The summed E-state index contributed by atoms with van der Waals surface area (Å²) in [6, 6.07) is 23.5. The van der Waals surface area contributed by atoms with E-state index in [4.69, 9.17) is 13.9 Å². The minimum Gasteiger partial charge on any atom is -0.494 e. The highest BCUT2D eigenvalue weighted by atomic mass is 16.5. The molecule has 0 radical (unpaired) electrons. The molecule has 0 aliphatic rings. The first kappa shape index (κ1) is 19.2. The highest BCUT2D eigenvalue weighted by Gasteiger charge is 2.13. The number of aromatic nitrogens is 2. The largest absolute Gasteiger partial charge is 0.494 e. The summed E-state index contributed by atoms with van der Waals surface area (Å²) < 4.78 is 16.7. The summed E-state index contributed by atoms with van der Waals surface area (Å²) in [5.41, 5.74) is 1.17. The molecule has 1 N–H and O–H groups in total. The van der Waals surface area contributed by atoms with Crippen molar-refractivity contribution in [3.63, 3.8) is 0 Å². The van der Waals surface area contributed by atoms with E-state index in [9.17, 15) is 4.79 Å². The second-order valence-corrected chi connectivity index (χ2v) is 6.26. The Labute approximate surface area is 173 Å². The Morgan fingerprint density at radius 1 is 0.867 bits per heavy atom. The smallest absolute Gasteiger partial charge is 0.322 e. The molecule has 0 fully saturated rings. The topological polar surface area (TPSA) is 86.5 Å². The summed E-state index contributed by atoms with van der Waals surface area (Å²) in [6.45, 7) is 2.51. The normalized spacial score (nSPS) is 10.4. The van der Waals surface area contributed by atoms with Gasteiger partial charge in [-0.15, -0.1) is 5.10 Å². The molecular formula is C23H19N3O4. The predicted molar refractivity (Wildman–Crippen MR) is 112 cm³/mol. The molecule has 7 heteroatoms. The lowest BCUT2D eigenvalue weighted by Gasteiger charge is -2.06. The summed E-state index contributed by atoms with van der Waals surface area (Å²) in [5.74, 6) is 2.06. The monoisotopic (exact) mass is 401 g/mol. The first-order valence-corrected chi connectivity index (χ1v) is 9.42. The van der Waals surface area contributed by atoms with Gasteiger partial charge in [0.15, 0.2) is 0 Å². The van der Waals surface area contributed by atoms with Crippen LogP contribution in [0.1, 0.15) is 17.3 Å². The lowest BCUT2D eigenvalue weighted by atomic mass is 10.2. The number of hydrogen-bond donors (Lipinski definition) is 1. The maximum Gasteiger partial charge on any atom is 0.322 e. The maximum absolute atomic E-state index is 12.4. The van der Waals surface area contributed by atoms with Crippen molar-refractivity contribution in [1.29, 1.82) is 0 Å². The molecule has 150 valence electrons. The van der Waals surface area contributed by atoms with Crippen LogP contribution in [0.3, 0.4) is 0 Å². The molecule has 30 heavy (non-hydrogen) atoms. The first-order valence-electron chi connectivity index (χ1n) is 9.42. The zero-order valence-corrected chi connectivity index (χ0v) is 16.2. The Morgan fingerprint density at radius 2 is 1.53 bits per heavy atom. The molecule has 0 atom stereocenters. The van der Waals surface area contributed by atoms with Crippen molar-refractivity contribution in [3.05, 3.63) is 84.4 Å². The quantitative estimate of drug-likeness (QED) is 0.459. The predicted octanol–water partition coefficient (Wildman–Crippen LogP) is 5.18. The number of anilines is 1. The fourth-order valence-electron chi connectivity index (χ4n) is 2.72. The van der Waals surface area contributed by atoms with E-state index in [1.807, 2.05) is 61.5 Å². The molecule has 0 spiro atoms. The second-order valence-electron chi connectivity index (χ2n) is 6.26. The number of amides is 1. The highest BCUT2D eigenvalue weighted by molar-refractivity contribution is 6.03. The van der Waals surface area contributed by atoms with Gasteiger partial charge in [0.05, 0.1) is 6.61 Å². The molecule has 0 saturated heterocycles. The molecule has 0 aliphatic heterocycles.